The number of hydrogen-bond donors (Lipinski definition) is 1. The van der Waals surface area contributed by atoms with Crippen LogP contribution in [0.25, 0.3) is 0 Å². The molecule has 1 amide bonds. The summed E-state index contributed by atoms with van der Waals surface area (Å²) in [5.41, 5.74) is 0. The van der Waals surface area contributed by atoms with E-state index in [0.717, 1.165) is 13.0 Å². The number of carbonyl (C=O) groups is 1. The molecule has 1 saturated heterocycles. The van der Waals surface area contributed by atoms with Crippen LogP contribution in [0.1, 0.15) is 6.42 Å². The molecule has 0 unspecified atom stereocenters. The molecule has 1 aliphatic heterocycles. The number of amides is 1. The summed E-state index contributed by atoms with van der Waals surface area (Å²) >= 11 is 12.0. The highest BCUT2D eigenvalue weighted by Gasteiger charge is 2.31. The van der Waals surface area contributed by atoms with Crippen LogP contribution in [-0.4, -0.2) is 72.6 Å². The van der Waals surface area contributed by atoms with E-state index in [0.29, 0.717) is 19.6 Å². The summed E-state index contributed by atoms with van der Waals surface area (Å²) in [5.74, 6) is -0.0698. The van der Waals surface area contributed by atoms with E-state index in [1.807, 2.05) is 21.8 Å². The van der Waals surface area contributed by atoms with Gasteiger partial charge >= 0.3 is 0 Å². The first-order valence-electron chi connectivity index (χ1n) is 9.28. The highest BCUT2D eigenvalue weighted by atomic mass is 35.5. The number of aryl methyl sites for hydroxylation is 1. The van der Waals surface area contributed by atoms with E-state index in [4.69, 9.17) is 23.2 Å². The van der Waals surface area contributed by atoms with Gasteiger partial charge in [0.25, 0.3) is 0 Å². The molecule has 2 aromatic rings. The number of halogens is 2. The molecule has 0 aliphatic carbocycles. The fourth-order valence-electron chi connectivity index (χ4n) is 3.11. The normalized spacial score (nSPS) is 16.1. The maximum Gasteiger partial charge on any atom is 0.244 e. The van der Waals surface area contributed by atoms with Crippen molar-refractivity contribution in [1.29, 1.82) is 0 Å². The Kier molecular flexibility index (Phi) is 7.53. The molecule has 0 radical (unpaired) electrons. The second-order valence-corrected chi connectivity index (χ2v) is 9.40. The molecule has 3 rings (SSSR count). The smallest absolute Gasteiger partial charge is 0.244 e. The van der Waals surface area contributed by atoms with E-state index in [2.05, 4.69) is 10.4 Å². The van der Waals surface area contributed by atoms with Crippen LogP contribution in [0.4, 0.5) is 0 Å². The van der Waals surface area contributed by atoms with Gasteiger partial charge in [0.15, 0.2) is 0 Å². The highest BCUT2D eigenvalue weighted by Crippen LogP contribution is 2.31. The van der Waals surface area contributed by atoms with E-state index in [1.54, 1.807) is 18.3 Å². The summed E-state index contributed by atoms with van der Waals surface area (Å²) in [4.78, 5) is 14.1. The lowest BCUT2D eigenvalue weighted by Gasteiger charge is -2.33. The molecular weight excluding hydrogens is 437 g/mol. The van der Waals surface area contributed by atoms with Crippen LogP contribution in [0.3, 0.4) is 0 Å². The summed E-state index contributed by atoms with van der Waals surface area (Å²) in [5, 5.41) is 7.24. The molecule has 0 bridgehead atoms. The molecule has 11 heteroatoms. The minimum Gasteiger partial charge on any atom is -0.355 e. The summed E-state index contributed by atoms with van der Waals surface area (Å²) in [6.07, 6.45) is 4.39. The average Bonchev–Trinajstić information content (AvgIpc) is 3.21. The molecule has 1 aromatic carbocycles. The van der Waals surface area contributed by atoms with Crippen molar-refractivity contribution < 1.29 is 13.2 Å². The predicted octanol–water partition coefficient (Wildman–Crippen LogP) is 1.70. The van der Waals surface area contributed by atoms with Crippen LogP contribution >= 0.6 is 23.2 Å². The first-order chi connectivity index (χ1) is 13.9. The van der Waals surface area contributed by atoms with Crippen LogP contribution in [0.5, 0.6) is 0 Å². The maximum absolute atomic E-state index is 12.8. The minimum absolute atomic E-state index is 0.00930. The zero-order valence-electron chi connectivity index (χ0n) is 15.8. The van der Waals surface area contributed by atoms with Gasteiger partial charge in [-0.2, -0.15) is 9.40 Å². The van der Waals surface area contributed by atoms with Crippen molar-refractivity contribution in [3.8, 4) is 0 Å². The SMILES string of the molecule is O=C(CN1CCN(S(=O)(=O)c2cccc(Cl)c2Cl)CC1)NCCCn1cccn1. The second kappa shape index (κ2) is 9.90. The topological polar surface area (TPSA) is 87.5 Å². The van der Waals surface area contributed by atoms with Crippen molar-refractivity contribution in [2.24, 2.45) is 0 Å². The molecule has 0 saturated carbocycles. The Balaban J connectivity index is 1.44. The van der Waals surface area contributed by atoms with Gasteiger partial charge in [0.1, 0.15) is 4.90 Å². The minimum atomic E-state index is -3.72. The second-order valence-electron chi connectivity index (χ2n) is 6.70. The molecule has 1 fully saturated rings. The Hall–Kier alpha value is -1.65. The van der Waals surface area contributed by atoms with Gasteiger partial charge in [-0.3, -0.25) is 14.4 Å². The third kappa shape index (κ3) is 5.70. The number of nitrogens with one attached hydrogen (secondary N) is 1. The predicted molar refractivity (Wildman–Crippen MR) is 112 cm³/mol. The summed E-state index contributed by atoms with van der Waals surface area (Å²) in [6.45, 7) is 3.08. The molecule has 8 nitrogen and oxygen atoms in total. The first kappa shape index (κ1) is 22.0. The zero-order chi connectivity index (χ0) is 20.9. The van der Waals surface area contributed by atoms with Crippen LogP contribution in [0.2, 0.25) is 10.0 Å². The van der Waals surface area contributed by atoms with E-state index in [-0.39, 0.29) is 40.5 Å². The molecular formula is C18H23Cl2N5O3S. The number of rotatable bonds is 8. The lowest BCUT2D eigenvalue weighted by atomic mass is 10.3. The first-order valence-corrected chi connectivity index (χ1v) is 11.5. The van der Waals surface area contributed by atoms with Gasteiger partial charge in [-0.1, -0.05) is 29.3 Å². The summed E-state index contributed by atoms with van der Waals surface area (Å²) in [7, 11) is -3.72. The number of sulfonamides is 1. The Morgan fingerprint density at radius 3 is 2.59 bits per heavy atom. The van der Waals surface area contributed by atoms with Crippen molar-refractivity contribution >= 4 is 39.1 Å². The van der Waals surface area contributed by atoms with Crippen molar-refractivity contribution in [2.45, 2.75) is 17.9 Å². The van der Waals surface area contributed by atoms with Gasteiger partial charge in [-0.05, 0) is 24.6 Å². The van der Waals surface area contributed by atoms with Crippen molar-refractivity contribution in [1.82, 2.24) is 24.3 Å². The molecule has 2 heterocycles. The fourth-order valence-corrected chi connectivity index (χ4v) is 5.27. The van der Waals surface area contributed by atoms with Gasteiger partial charge < -0.3 is 5.32 Å². The van der Waals surface area contributed by atoms with Gasteiger partial charge in [-0.15, -0.1) is 0 Å². The number of nitrogens with zero attached hydrogens (tertiary/aromatic N) is 4. The Labute approximate surface area is 180 Å². The molecule has 1 N–H and O–H groups in total. The quantitative estimate of drug-likeness (QED) is 0.606. The van der Waals surface area contributed by atoms with E-state index in [9.17, 15) is 13.2 Å². The van der Waals surface area contributed by atoms with E-state index >= 15 is 0 Å². The number of benzene rings is 1. The maximum atomic E-state index is 12.8. The Morgan fingerprint density at radius 1 is 1.14 bits per heavy atom. The van der Waals surface area contributed by atoms with Crippen molar-refractivity contribution in [3.05, 3.63) is 46.7 Å². The van der Waals surface area contributed by atoms with Crippen LogP contribution < -0.4 is 5.32 Å². The largest absolute Gasteiger partial charge is 0.355 e. The van der Waals surface area contributed by atoms with Crippen LogP contribution in [-0.2, 0) is 21.4 Å². The van der Waals surface area contributed by atoms with Gasteiger partial charge in [0.05, 0.1) is 16.6 Å². The van der Waals surface area contributed by atoms with Crippen LogP contribution in [0.15, 0.2) is 41.6 Å². The third-order valence-electron chi connectivity index (χ3n) is 4.68. The van der Waals surface area contributed by atoms with Gasteiger partial charge in [-0.25, -0.2) is 8.42 Å². The van der Waals surface area contributed by atoms with Gasteiger partial charge in [0.2, 0.25) is 15.9 Å². The van der Waals surface area contributed by atoms with E-state index in [1.165, 1.54) is 10.4 Å². The third-order valence-corrected chi connectivity index (χ3v) is 7.55. The molecule has 0 spiro atoms. The van der Waals surface area contributed by atoms with Gasteiger partial charge in [0, 0.05) is 51.7 Å². The lowest BCUT2D eigenvalue weighted by Crippen LogP contribution is -2.51. The standard InChI is InChI=1S/C18H23Cl2N5O3S/c19-15-4-1-5-16(18(15)20)29(27,28)25-12-10-23(11-13-25)14-17(26)21-6-2-8-24-9-3-7-22-24/h1,3-5,7,9H,2,6,8,10-14H2,(H,21,26). The zero-order valence-corrected chi connectivity index (χ0v) is 18.1. The Bertz CT molecular complexity index is 929. The molecule has 158 valence electrons. The van der Waals surface area contributed by atoms with Crippen molar-refractivity contribution in [2.75, 3.05) is 39.3 Å². The lowest BCUT2D eigenvalue weighted by molar-refractivity contribution is -0.122. The summed E-state index contributed by atoms with van der Waals surface area (Å²) in [6, 6.07) is 6.42. The number of carbonyl (C=O) groups excluding carboxylic acids is 1. The van der Waals surface area contributed by atoms with Crippen LogP contribution in [0, 0.1) is 0 Å². The molecule has 29 heavy (non-hydrogen) atoms. The van der Waals surface area contributed by atoms with Crippen molar-refractivity contribution in [3.63, 3.8) is 0 Å². The Morgan fingerprint density at radius 2 is 1.90 bits per heavy atom. The molecule has 0 atom stereocenters. The summed E-state index contributed by atoms with van der Waals surface area (Å²) < 4.78 is 28.9. The fraction of sp³-hybridized carbons (Fsp3) is 0.444. The highest BCUT2D eigenvalue weighted by molar-refractivity contribution is 7.89. The molecule has 1 aliphatic rings. The average molecular weight is 460 g/mol. The number of aromatic nitrogens is 2. The monoisotopic (exact) mass is 459 g/mol. The number of hydrogen-bond acceptors (Lipinski definition) is 5. The molecule has 1 aromatic heterocycles. The number of piperazine rings is 1. The van der Waals surface area contributed by atoms with E-state index < -0.39 is 10.0 Å².